The highest BCUT2D eigenvalue weighted by Gasteiger charge is 2.47. The summed E-state index contributed by atoms with van der Waals surface area (Å²) in [6.07, 6.45) is 0. The second kappa shape index (κ2) is 3.58. The molecule has 1 aromatic heterocycles. The van der Waals surface area contributed by atoms with Gasteiger partial charge in [0.05, 0.1) is 0 Å². The zero-order valence-electron chi connectivity index (χ0n) is 7.54. The highest BCUT2D eigenvalue weighted by Crippen LogP contribution is 2.31. The van der Waals surface area contributed by atoms with Crippen LogP contribution in [-0.2, 0) is 10.3 Å². The molecular weight excluding hydrogens is 282 g/mol. The van der Waals surface area contributed by atoms with E-state index in [-0.39, 0.29) is 6.54 Å². The Labute approximate surface area is 98.2 Å². The van der Waals surface area contributed by atoms with E-state index in [2.05, 4.69) is 26.6 Å². The zero-order chi connectivity index (χ0) is 11.1. The van der Waals surface area contributed by atoms with Gasteiger partial charge in [-0.2, -0.15) is 0 Å². The van der Waals surface area contributed by atoms with Crippen LogP contribution in [0.1, 0.15) is 4.88 Å². The zero-order valence-corrected chi connectivity index (χ0v) is 9.94. The predicted octanol–water partition coefficient (Wildman–Crippen LogP) is 0.504. The van der Waals surface area contributed by atoms with Crippen LogP contribution < -0.4 is 16.4 Å². The van der Waals surface area contributed by atoms with Crippen molar-refractivity contribution in [3.63, 3.8) is 0 Å². The van der Waals surface area contributed by atoms with Crippen LogP contribution in [0.25, 0.3) is 0 Å². The normalized spacial score (nSPS) is 25.2. The number of amides is 3. The van der Waals surface area contributed by atoms with E-state index >= 15 is 0 Å². The van der Waals surface area contributed by atoms with E-state index in [4.69, 9.17) is 5.73 Å². The van der Waals surface area contributed by atoms with Crippen LogP contribution in [0.2, 0.25) is 0 Å². The summed E-state index contributed by atoms with van der Waals surface area (Å²) in [5.41, 5.74) is 4.48. The second-order valence-electron chi connectivity index (χ2n) is 3.15. The highest BCUT2D eigenvalue weighted by atomic mass is 79.9. The molecule has 1 aliphatic heterocycles. The molecule has 4 N–H and O–H groups in total. The molecule has 1 unspecified atom stereocenters. The van der Waals surface area contributed by atoms with Crippen LogP contribution in [0.3, 0.4) is 0 Å². The number of imide groups is 1. The summed E-state index contributed by atoms with van der Waals surface area (Å²) < 4.78 is 0.865. The van der Waals surface area contributed by atoms with Crippen molar-refractivity contribution in [1.29, 1.82) is 0 Å². The Kier molecular flexibility index (Phi) is 2.53. The maximum absolute atomic E-state index is 11.7. The summed E-state index contributed by atoms with van der Waals surface area (Å²) in [5, 5.41) is 6.59. The monoisotopic (exact) mass is 289 g/mol. The van der Waals surface area contributed by atoms with Gasteiger partial charge in [0, 0.05) is 21.3 Å². The number of nitrogens with one attached hydrogen (secondary N) is 2. The molecule has 1 fully saturated rings. The maximum atomic E-state index is 11.7. The molecule has 3 amide bonds. The predicted molar refractivity (Wildman–Crippen MR) is 59.4 cm³/mol. The first-order valence-corrected chi connectivity index (χ1v) is 5.84. The average Bonchev–Trinajstić information content (AvgIpc) is 2.71. The van der Waals surface area contributed by atoms with E-state index in [1.807, 2.05) is 5.38 Å². The van der Waals surface area contributed by atoms with Crippen molar-refractivity contribution in [3.8, 4) is 0 Å². The summed E-state index contributed by atoms with van der Waals surface area (Å²) in [4.78, 5) is 23.5. The first-order valence-electron chi connectivity index (χ1n) is 4.16. The highest BCUT2D eigenvalue weighted by molar-refractivity contribution is 9.10. The number of hydrogen-bond acceptors (Lipinski definition) is 4. The van der Waals surface area contributed by atoms with E-state index in [9.17, 15) is 9.59 Å². The molecule has 1 saturated heterocycles. The van der Waals surface area contributed by atoms with Crippen molar-refractivity contribution in [2.45, 2.75) is 5.54 Å². The van der Waals surface area contributed by atoms with Crippen molar-refractivity contribution in [2.24, 2.45) is 5.73 Å². The number of rotatable bonds is 2. The molecule has 5 nitrogen and oxygen atoms in total. The molecule has 1 aliphatic rings. The van der Waals surface area contributed by atoms with E-state index in [0.717, 1.165) is 9.35 Å². The van der Waals surface area contributed by atoms with Gasteiger partial charge >= 0.3 is 6.03 Å². The molecule has 0 radical (unpaired) electrons. The molecule has 0 aromatic carbocycles. The molecule has 0 spiro atoms. The number of carbonyl (C=O) groups excluding carboxylic acids is 2. The molecule has 0 bridgehead atoms. The van der Waals surface area contributed by atoms with Gasteiger partial charge < -0.3 is 11.1 Å². The van der Waals surface area contributed by atoms with E-state index < -0.39 is 17.5 Å². The minimum Gasteiger partial charge on any atom is -0.327 e. The topological polar surface area (TPSA) is 84.2 Å². The molecule has 0 aliphatic carbocycles. The fourth-order valence-electron chi connectivity index (χ4n) is 1.45. The van der Waals surface area contributed by atoms with Crippen LogP contribution >= 0.6 is 27.3 Å². The van der Waals surface area contributed by atoms with Crippen molar-refractivity contribution >= 4 is 39.2 Å². The minimum atomic E-state index is -1.10. The fourth-order valence-corrected chi connectivity index (χ4v) is 3.04. The lowest BCUT2D eigenvalue weighted by atomic mass is 9.98. The Bertz CT molecular complexity index is 433. The van der Waals surface area contributed by atoms with Gasteiger partial charge in [0.2, 0.25) is 0 Å². The van der Waals surface area contributed by atoms with Crippen molar-refractivity contribution in [1.82, 2.24) is 10.6 Å². The van der Waals surface area contributed by atoms with Gasteiger partial charge in [-0.15, -0.1) is 11.3 Å². The first-order chi connectivity index (χ1) is 7.08. The maximum Gasteiger partial charge on any atom is 0.322 e. The largest absolute Gasteiger partial charge is 0.327 e. The summed E-state index contributed by atoms with van der Waals surface area (Å²) in [6.45, 7) is 0.0392. The third kappa shape index (κ3) is 1.56. The van der Waals surface area contributed by atoms with E-state index in [1.165, 1.54) is 11.3 Å². The van der Waals surface area contributed by atoms with Crippen LogP contribution in [-0.4, -0.2) is 18.5 Å². The molecular formula is C8H8BrN3O2S. The Hall–Kier alpha value is -0.920. The number of urea groups is 1. The van der Waals surface area contributed by atoms with Crippen LogP contribution in [0.4, 0.5) is 4.79 Å². The summed E-state index contributed by atoms with van der Waals surface area (Å²) in [7, 11) is 0. The molecule has 1 aromatic rings. The second-order valence-corrected chi connectivity index (χ2v) is 4.97. The van der Waals surface area contributed by atoms with Gasteiger partial charge in [0.15, 0.2) is 5.54 Å². The van der Waals surface area contributed by atoms with Gasteiger partial charge in [-0.1, -0.05) is 0 Å². The van der Waals surface area contributed by atoms with Crippen molar-refractivity contribution in [3.05, 3.63) is 20.8 Å². The summed E-state index contributed by atoms with van der Waals surface area (Å²) >= 11 is 4.67. The van der Waals surface area contributed by atoms with E-state index in [1.54, 1.807) is 6.07 Å². The number of hydrogen-bond donors (Lipinski definition) is 3. The molecule has 2 heterocycles. The number of halogens is 1. The van der Waals surface area contributed by atoms with Gasteiger partial charge in [0.1, 0.15) is 0 Å². The Morgan fingerprint density at radius 3 is 2.67 bits per heavy atom. The Morgan fingerprint density at radius 2 is 2.27 bits per heavy atom. The molecule has 0 saturated carbocycles. The number of nitrogens with two attached hydrogens (primary N) is 1. The molecule has 1 atom stereocenters. The van der Waals surface area contributed by atoms with Gasteiger partial charge in [-0.05, 0) is 22.0 Å². The fraction of sp³-hybridized carbons (Fsp3) is 0.250. The average molecular weight is 290 g/mol. The van der Waals surface area contributed by atoms with Crippen LogP contribution in [0.5, 0.6) is 0 Å². The third-order valence-corrected chi connectivity index (χ3v) is 4.09. The molecule has 80 valence electrons. The lowest BCUT2D eigenvalue weighted by molar-refractivity contribution is -0.123. The van der Waals surface area contributed by atoms with Gasteiger partial charge in [-0.25, -0.2) is 4.79 Å². The van der Waals surface area contributed by atoms with Gasteiger partial charge in [-0.3, -0.25) is 10.1 Å². The standard InChI is InChI=1S/C8H8BrN3O2S/c9-4-1-5(15-2-4)8(3-10)6(13)11-7(14)12-8/h1-2H,3,10H2,(H2,11,12,13,14). The van der Waals surface area contributed by atoms with Gasteiger partial charge in [0.25, 0.3) is 5.91 Å². The van der Waals surface area contributed by atoms with Crippen LogP contribution in [0, 0.1) is 0 Å². The lowest BCUT2D eigenvalue weighted by Gasteiger charge is -2.22. The summed E-state index contributed by atoms with van der Waals surface area (Å²) in [6, 6.07) is 1.28. The third-order valence-electron chi connectivity index (χ3n) is 2.24. The minimum absolute atomic E-state index is 0.0392. The molecule has 15 heavy (non-hydrogen) atoms. The summed E-state index contributed by atoms with van der Waals surface area (Å²) in [5.74, 6) is -0.399. The van der Waals surface area contributed by atoms with E-state index in [0.29, 0.717) is 0 Å². The number of thiophene rings is 1. The van der Waals surface area contributed by atoms with Crippen molar-refractivity contribution < 1.29 is 9.59 Å². The Balaban J connectivity index is 2.46. The Morgan fingerprint density at radius 1 is 1.53 bits per heavy atom. The quantitative estimate of drug-likeness (QED) is 0.694. The smallest absolute Gasteiger partial charge is 0.322 e. The SMILES string of the molecule is NCC1(c2cc(Br)cs2)NC(=O)NC1=O. The van der Waals surface area contributed by atoms with Crippen LogP contribution in [0.15, 0.2) is 15.9 Å². The molecule has 7 heteroatoms. The molecule has 2 rings (SSSR count). The van der Waals surface area contributed by atoms with Crippen molar-refractivity contribution in [2.75, 3.05) is 6.54 Å². The lowest BCUT2D eigenvalue weighted by Crippen LogP contribution is -2.49. The number of carbonyl (C=O) groups is 2. The first kappa shape index (κ1) is 10.6.